The maximum Gasteiger partial charge on any atom is 0.216 e. The number of rotatable bonds is 4. The van der Waals surface area contributed by atoms with Gasteiger partial charge in [-0.2, -0.15) is 0 Å². The molecule has 2 atom stereocenters. The minimum absolute atomic E-state index is 0. The molecular formula is C15H21Cl3N2O2. The number of carbonyl (C=O) groups is 1. The monoisotopic (exact) mass is 366 g/mol. The van der Waals surface area contributed by atoms with Gasteiger partial charge in [0.05, 0.1) is 22.8 Å². The van der Waals surface area contributed by atoms with Crippen LogP contribution in [-0.4, -0.2) is 32.1 Å². The lowest BCUT2D eigenvalue weighted by Gasteiger charge is -2.25. The molecule has 0 aliphatic carbocycles. The second kappa shape index (κ2) is 9.58. The molecule has 1 amide bonds. The van der Waals surface area contributed by atoms with Crippen LogP contribution in [0.15, 0.2) is 18.2 Å². The van der Waals surface area contributed by atoms with Gasteiger partial charge in [-0.05, 0) is 24.1 Å². The molecule has 2 rings (SSSR count). The van der Waals surface area contributed by atoms with E-state index in [2.05, 4.69) is 10.6 Å². The molecule has 1 aliphatic rings. The van der Waals surface area contributed by atoms with Crippen LogP contribution < -0.4 is 10.6 Å². The number of halogens is 3. The van der Waals surface area contributed by atoms with E-state index in [1.165, 1.54) is 6.92 Å². The van der Waals surface area contributed by atoms with Crippen LogP contribution in [0.2, 0.25) is 10.0 Å². The van der Waals surface area contributed by atoms with Crippen LogP contribution in [0, 0.1) is 5.92 Å². The highest BCUT2D eigenvalue weighted by molar-refractivity contribution is 6.42. The highest BCUT2D eigenvalue weighted by Gasteiger charge is 2.26. The van der Waals surface area contributed by atoms with Crippen molar-refractivity contribution in [2.45, 2.75) is 19.4 Å². The third-order valence-corrected chi connectivity index (χ3v) is 4.31. The molecule has 1 aromatic carbocycles. The van der Waals surface area contributed by atoms with Crippen LogP contribution in [0.5, 0.6) is 0 Å². The van der Waals surface area contributed by atoms with Crippen molar-refractivity contribution < 1.29 is 9.53 Å². The number of carbonyl (C=O) groups excluding carboxylic acids is 1. The molecule has 22 heavy (non-hydrogen) atoms. The Kier molecular flexibility index (Phi) is 8.50. The Morgan fingerprint density at radius 3 is 2.86 bits per heavy atom. The van der Waals surface area contributed by atoms with Crippen molar-refractivity contribution in [1.29, 1.82) is 0 Å². The van der Waals surface area contributed by atoms with Gasteiger partial charge in [-0.25, -0.2) is 0 Å². The molecule has 0 saturated carbocycles. The van der Waals surface area contributed by atoms with Crippen molar-refractivity contribution in [3.8, 4) is 0 Å². The Bertz CT molecular complexity index is 500. The smallest absolute Gasteiger partial charge is 0.216 e. The summed E-state index contributed by atoms with van der Waals surface area (Å²) in [5, 5.41) is 7.28. The fourth-order valence-corrected chi connectivity index (χ4v) is 2.84. The van der Waals surface area contributed by atoms with Crippen LogP contribution in [0.4, 0.5) is 0 Å². The molecule has 1 heterocycles. The zero-order valence-electron chi connectivity index (χ0n) is 12.4. The molecule has 0 aromatic heterocycles. The average Bonchev–Trinajstić information content (AvgIpc) is 2.67. The number of nitrogens with one attached hydrogen (secondary N) is 2. The summed E-state index contributed by atoms with van der Waals surface area (Å²) in [6.07, 6.45) is 0.806. The fraction of sp³-hybridized carbons (Fsp3) is 0.533. The molecule has 1 aliphatic heterocycles. The standard InChI is InChI=1S/C15H20Cl2N2O2.ClH/c1-10(20)19-5-4-12-9-18-6-7-21-15(12)11-2-3-13(16)14(17)8-11;/h2-3,8,12,15,18H,4-7,9H2,1H3,(H,19,20);1H/t12-,15+;/m1./s1. The number of hydrogen-bond acceptors (Lipinski definition) is 3. The van der Waals surface area contributed by atoms with Crippen LogP contribution in [0.1, 0.15) is 25.0 Å². The molecule has 0 bridgehead atoms. The van der Waals surface area contributed by atoms with Crippen molar-refractivity contribution in [1.82, 2.24) is 10.6 Å². The third kappa shape index (κ3) is 5.60. The molecule has 0 radical (unpaired) electrons. The molecule has 4 nitrogen and oxygen atoms in total. The quantitative estimate of drug-likeness (QED) is 0.859. The van der Waals surface area contributed by atoms with Crippen molar-refractivity contribution >= 4 is 41.5 Å². The van der Waals surface area contributed by atoms with Gasteiger partial charge in [-0.1, -0.05) is 29.3 Å². The Morgan fingerprint density at radius 2 is 2.18 bits per heavy atom. The summed E-state index contributed by atoms with van der Waals surface area (Å²) in [5.41, 5.74) is 1.03. The van der Waals surface area contributed by atoms with E-state index in [4.69, 9.17) is 27.9 Å². The topological polar surface area (TPSA) is 50.4 Å². The Hall–Kier alpha value is -0.520. The SMILES string of the molecule is CC(=O)NCC[C@@H]1CNCCO[C@H]1c1ccc(Cl)c(Cl)c1.Cl. The van der Waals surface area contributed by atoms with Gasteiger partial charge in [0, 0.05) is 32.5 Å². The summed E-state index contributed by atoms with van der Waals surface area (Å²) in [7, 11) is 0. The normalized spacial score (nSPS) is 21.6. The van der Waals surface area contributed by atoms with E-state index >= 15 is 0 Å². The second-order valence-electron chi connectivity index (χ2n) is 5.20. The number of ether oxygens (including phenoxy) is 1. The summed E-state index contributed by atoms with van der Waals surface area (Å²) < 4.78 is 5.98. The molecule has 2 N–H and O–H groups in total. The zero-order valence-corrected chi connectivity index (χ0v) is 14.7. The largest absolute Gasteiger partial charge is 0.372 e. The van der Waals surface area contributed by atoms with Gasteiger partial charge in [-0.3, -0.25) is 4.79 Å². The first kappa shape index (κ1) is 19.5. The molecule has 0 spiro atoms. The van der Waals surface area contributed by atoms with E-state index < -0.39 is 0 Å². The van der Waals surface area contributed by atoms with Crippen LogP contribution >= 0.6 is 35.6 Å². The van der Waals surface area contributed by atoms with E-state index in [0.717, 1.165) is 25.1 Å². The summed E-state index contributed by atoms with van der Waals surface area (Å²) in [4.78, 5) is 11.0. The highest BCUT2D eigenvalue weighted by atomic mass is 35.5. The third-order valence-electron chi connectivity index (χ3n) is 3.57. The van der Waals surface area contributed by atoms with Crippen LogP contribution in [0.25, 0.3) is 0 Å². The van der Waals surface area contributed by atoms with Gasteiger partial charge in [0.2, 0.25) is 5.91 Å². The lowest BCUT2D eigenvalue weighted by atomic mass is 9.92. The summed E-state index contributed by atoms with van der Waals surface area (Å²) in [6.45, 7) is 4.50. The van der Waals surface area contributed by atoms with E-state index in [9.17, 15) is 4.79 Å². The van der Waals surface area contributed by atoms with E-state index in [1.54, 1.807) is 6.07 Å². The minimum atomic E-state index is -0.0384. The molecule has 7 heteroatoms. The maximum absolute atomic E-state index is 11.0. The van der Waals surface area contributed by atoms with Crippen LogP contribution in [-0.2, 0) is 9.53 Å². The van der Waals surface area contributed by atoms with E-state index in [0.29, 0.717) is 23.2 Å². The van der Waals surface area contributed by atoms with Gasteiger partial charge in [0.15, 0.2) is 0 Å². The van der Waals surface area contributed by atoms with Gasteiger partial charge >= 0.3 is 0 Å². The summed E-state index contributed by atoms with van der Waals surface area (Å²) >= 11 is 12.1. The van der Waals surface area contributed by atoms with Crippen molar-refractivity contribution in [3.05, 3.63) is 33.8 Å². The Balaban J connectivity index is 0.00000242. The average molecular weight is 368 g/mol. The number of hydrogen-bond donors (Lipinski definition) is 2. The first-order chi connectivity index (χ1) is 10.1. The van der Waals surface area contributed by atoms with Gasteiger partial charge in [-0.15, -0.1) is 12.4 Å². The lowest BCUT2D eigenvalue weighted by molar-refractivity contribution is -0.119. The Labute approximate surface area is 147 Å². The van der Waals surface area contributed by atoms with Crippen molar-refractivity contribution in [3.63, 3.8) is 0 Å². The van der Waals surface area contributed by atoms with Gasteiger partial charge in [0.25, 0.3) is 0 Å². The first-order valence-corrected chi connectivity index (χ1v) is 7.85. The van der Waals surface area contributed by atoms with Crippen molar-refractivity contribution in [2.24, 2.45) is 5.92 Å². The van der Waals surface area contributed by atoms with Gasteiger partial charge < -0.3 is 15.4 Å². The number of benzene rings is 1. The molecule has 1 fully saturated rings. The van der Waals surface area contributed by atoms with E-state index in [-0.39, 0.29) is 30.3 Å². The minimum Gasteiger partial charge on any atom is -0.372 e. The maximum atomic E-state index is 11.0. The van der Waals surface area contributed by atoms with Crippen LogP contribution in [0.3, 0.4) is 0 Å². The molecule has 1 saturated heterocycles. The van der Waals surface area contributed by atoms with Gasteiger partial charge in [0.1, 0.15) is 0 Å². The fourth-order valence-electron chi connectivity index (χ4n) is 2.53. The molecule has 1 aromatic rings. The van der Waals surface area contributed by atoms with E-state index in [1.807, 2.05) is 12.1 Å². The second-order valence-corrected chi connectivity index (χ2v) is 6.02. The highest BCUT2D eigenvalue weighted by Crippen LogP contribution is 2.33. The molecule has 0 unspecified atom stereocenters. The molecule has 124 valence electrons. The summed E-state index contributed by atoms with van der Waals surface area (Å²) in [6, 6.07) is 5.62. The lowest BCUT2D eigenvalue weighted by Crippen LogP contribution is -2.29. The molecular weight excluding hydrogens is 347 g/mol. The predicted octanol–water partition coefficient (Wildman–Crippen LogP) is 3.22. The number of amides is 1. The van der Waals surface area contributed by atoms with Crippen molar-refractivity contribution in [2.75, 3.05) is 26.2 Å². The Morgan fingerprint density at radius 1 is 1.41 bits per heavy atom. The zero-order chi connectivity index (χ0) is 15.2. The first-order valence-electron chi connectivity index (χ1n) is 7.09. The predicted molar refractivity (Wildman–Crippen MR) is 92.1 cm³/mol. The summed E-state index contributed by atoms with van der Waals surface area (Å²) in [5.74, 6) is 0.264.